The molecule has 1 amide bonds. The van der Waals surface area contributed by atoms with Crippen molar-refractivity contribution in [2.24, 2.45) is 5.73 Å². The highest BCUT2D eigenvalue weighted by Crippen LogP contribution is 2.30. The maximum absolute atomic E-state index is 11.7. The van der Waals surface area contributed by atoms with Gasteiger partial charge in [-0.2, -0.15) is 0 Å². The highest BCUT2D eigenvalue weighted by molar-refractivity contribution is 5.93. The molecule has 2 rings (SSSR count). The molecule has 0 aliphatic carbocycles. The maximum atomic E-state index is 11.7. The van der Waals surface area contributed by atoms with Crippen LogP contribution in [-0.4, -0.2) is 19.0 Å². The largest absolute Gasteiger partial charge is 0.330 e. The molecule has 0 atom stereocenters. The minimum atomic E-state index is 0.108. The predicted octanol–water partition coefficient (Wildman–Crippen LogP) is 3.85. The fourth-order valence-electron chi connectivity index (χ4n) is 2.92. The molecule has 3 nitrogen and oxygen atoms in total. The van der Waals surface area contributed by atoms with E-state index < -0.39 is 0 Å². The quantitative estimate of drug-likeness (QED) is 0.840. The Kier molecular flexibility index (Phi) is 5.94. The van der Waals surface area contributed by atoms with Gasteiger partial charge in [0.1, 0.15) is 0 Å². The monoisotopic (exact) mass is 310 g/mol. The van der Waals surface area contributed by atoms with Crippen LogP contribution in [0.4, 0.5) is 5.69 Å². The van der Waals surface area contributed by atoms with E-state index in [0.29, 0.717) is 6.54 Å². The normalized spacial score (nSPS) is 14.9. The van der Waals surface area contributed by atoms with Crippen molar-refractivity contribution in [3.8, 4) is 0 Å². The molecule has 0 bridgehead atoms. The highest BCUT2D eigenvalue weighted by atomic mass is 16.2. The van der Waals surface area contributed by atoms with Crippen LogP contribution < -0.4 is 10.6 Å². The Bertz CT molecular complexity index is 656. The molecule has 122 valence electrons. The van der Waals surface area contributed by atoms with Gasteiger partial charge in [0.25, 0.3) is 0 Å². The third kappa shape index (κ3) is 4.20. The summed E-state index contributed by atoms with van der Waals surface area (Å²) in [7, 11) is 0. The Morgan fingerprint density at radius 3 is 2.83 bits per heavy atom. The molecular formula is C20H26N2O. The third-order valence-corrected chi connectivity index (χ3v) is 4.25. The number of anilines is 1. The van der Waals surface area contributed by atoms with E-state index in [2.05, 4.69) is 24.8 Å². The first-order valence-electron chi connectivity index (χ1n) is 8.20. The molecule has 1 aromatic rings. The van der Waals surface area contributed by atoms with Crippen molar-refractivity contribution in [3.05, 3.63) is 59.7 Å². The number of benzene rings is 1. The molecule has 23 heavy (non-hydrogen) atoms. The molecule has 0 fully saturated rings. The van der Waals surface area contributed by atoms with E-state index in [9.17, 15) is 4.79 Å². The van der Waals surface area contributed by atoms with Crippen molar-refractivity contribution in [2.75, 3.05) is 18.0 Å². The Labute approximate surface area is 139 Å². The molecule has 1 aliphatic heterocycles. The molecule has 2 N–H and O–H groups in total. The number of amides is 1. The molecule has 0 unspecified atom stereocenters. The summed E-state index contributed by atoms with van der Waals surface area (Å²) in [5.41, 5.74) is 11.2. The Morgan fingerprint density at radius 1 is 1.39 bits per heavy atom. The van der Waals surface area contributed by atoms with E-state index in [1.807, 2.05) is 30.0 Å². The number of hydrogen-bond acceptors (Lipinski definition) is 2. The fourth-order valence-corrected chi connectivity index (χ4v) is 2.92. The molecule has 1 heterocycles. The number of carbonyl (C=O) groups excluding carboxylic acids is 1. The zero-order valence-electron chi connectivity index (χ0n) is 14.1. The molecule has 0 saturated heterocycles. The Morgan fingerprint density at radius 2 is 2.17 bits per heavy atom. The second-order valence-electron chi connectivity index (χ2n) is 5.88. The number of nitrogens with two attached hydrogens (primary N) is 1. The van der Waals surface area contributed by atoms with Gasteiger partial charge in [0.15, 0.2) is 0 Å². The van der Waals surface area contributed by atoms with Crippen LogP contribution in [0.1, 0.15) is 37.8 Å². The van der Waals surface area contributed by atoms with Crippen LogP contribution in [0, 0.1) is 0 Å². The topological polar surface area (TPSA) is 46.3 Å². The number of allylic oxidation sites excluding steroid dienone is 4. The van der Waals surface area contributed by atoms with Gasteiger partial charge < -0.3 is 10.6 Å². The highest BCUT2D eigenvalue weighted by Gasteiger charge is 2.19. The third-order valence-electron chi connectivity index (χ3n) is 4.25. The van der Waals surface area contributed by atoms with Crippen LogP contribution in [0.2, 0.25) is 0 Å². The van der Waals surface area contributed by atoms with Crippen LogP contribution in [0.15, 0.2) is 48.6 Å². The first kappa shape index (κ1) is 17.2. The summed E-state index contributed by atoms with van der Waals surface area (Å²) < 4.78 is 0. The van der Waals surface area contributed by atoms with Crippen molar-refractivity contribution >= 4 is 17.2 Å². The van der Waals surface area contributed by atoms with Gasteiger partial charge >= 0.3 is 0 Å². The van der Waals surface area contributed by atoms with Crippen molar-refractivity contribution in [1.82, 2.24) is 0 Å². The lowest BCUT2D eigenvalue weighted by molar-refractivity contribution is -0.116. The lowest BCUT2D eigenvalue weighted by Crippen LogP contribution is -2.33. The van der Waals surface area contributed by atoms with Crippen molar-refractivity contribution in [2.45, 2.75) is 33.1 Å². The van der Waals surface area contributed by atoms with Crippen molar-refractivity contribution < 1.29 is 4.79 Å². The number of hydrogen-bond donors (Lipinski definition) is 1. The average Bonchev–Trinajstić information content (AvgIpc) is 2.57. The molecule has 0 radical (unpaired) electrons. The van der Waals surface area contributed by atoms with Gasteiger partial charge in [-0.15, -0.1) is 0 Å². The lowest BCUT2D eigenvalue weighted by Gasteiger charge is -2.29. The van der Waals surface area contributed by atoms with Crippen molar-refractivity contribution in [3.63, 3.8) is 0 Å². The summed E-state index contributed by atoms with van der Waals surface area (Å²) in [6.07, 6.45) is 9.09. The Balaban J connectivity index is 2.20. The summed E-state index contributed by atoms with van der Waals surface area (Å²) in [5, 5.41) is 0. The molecule has 1 aliphatic rings. The molecule has 0 spiro atoms. The number of carbonyl (C=O) groups is 1. The smallest absolute Gasteiger partial charge is 0.223 e. The van der Waals surface area contributed by atoms with E-state index >= 15 is 0 Å². The van der Waals surface area contributed by atoms with Gasteiger partial charge in [0.2, 0.25) is 5.91 Å². The second-order valence-corrected chi connectivity index (χ2v) is 5.88. The second kappa shape index (κ2) is 7.93. The standard InChI is InChI=1S/C20H26N2O/c1-4-17(11-12-21)8-7-15(2)18-9-10-20-19(14-18)6-5-13-22(20)16(3)23/h4,7-10,14H,2,5-6,11-13,21H2,1,3H3. The molecular weight excluding hydrogens is 284 g/mol. The van der Waals surface area contributed by atoms with Crippen LogP contribution >= 0.6 is 0 Å². The zero-order chi connectivity index (χ0) is 16.8. The summed E-state index contributed by atoms with van der Waals surface area (Å²) in [6, 6.07) is 6.25. The fraction of sp³-hybridized carbons (Fsp3) is 0.350. The molecule has 3 heteroatoms. The van der Waals surface area contributed by atoms with Crippen LogP contribution in [0.3, 0.4) is 0 Å². The van der Waals surface area contributed by atoms with Gasteiger partial charge in [-0.25, -0.2) is 0 Å². The predicted molar refractivity (Wildman–Crippen MR) is 98.4 cm³/mol. The van der Waals surface area contributed by atoms with Gasteiger partial charge in [0, 0.05) is 19.2 Å². The SMILES string of the molecule is C=C(C=CC(=CC)CCN)c1ccc2c(c1)CCCN2C(C)=O. The molecule has 0 saturated carbocycles. The van der Waals surface area contributed by atoms with Gasteiger partial charge in [-0.05, 0) is 61.6 Å². The maximum Gasteiger partial charge on any atom is 0.223 e. The number of rotatable bonds is 5. The lowest BCUT2D eigenvalue weighted by atomic mass is 9.96. The van der Waals surface area contributed by atoms with Crippen LogP contribution in [0.25, 0.3) is 5.57 Å². The molecule has 1 aromatic carbocycles. The number of fused-ring (bicyclic) bond motifs is 1. The van der Waals surface area contributed by atoms with E-state index in [4.69, 9.17) is 5.73 Å². The van der Waals surface area contributed by atoms with E-state index in [1.54, 1.807) is 6.92 Å². The average molecular weight is 310 g/mol. The van der Waals surface area contributed by atoms with Crippen LogP contribution in [0.5, 0.6) is 0 Å². The summed E-state index contributed by atoms with van der Waals surface area (Å²) in [5.74, 6) is 0.108. The summed E-state index contributed by atoms with van der Waals surface area (Å²) >= 11 is 0. The van der Waals surface area contributed by atoms with E-state index in [1.165, 1.54) is 11.1 Å². The Hall–Kier alpha value is -2.13. The molecule has 0 aromatic heterocycles. The van der Waals surface area contributed by atoms with Crippen LogP contribution in [-0.2, 0) is 11.2 Å². The summed E-state index contributed by atoms with van der Waals surface area (Å²) in [4.78, 5) is 13.6. The number of aryl methyl sites for hydroxylation is 1. The zero-order valence-corrected chi connectivity index (χ0v) is 14.1. The van der Waals surface area contributed by atoms with Gasteiger partial charge in [-0.1, -0.05) is 36.4 Å². The van der Waals surface area contributed by atoms with E-state index in [0.717, 1.165) is 42.6 Å². The minimum absolute atomic E-state index is 0.108. The first-order valence-corrected chi connectivity index (χ1v) is 8.20. The summed E-state index contributed by atoms with van der Waals surface area (Å²) in [6.45, 7) is 9.28. The van der Waals surface area contributed by atoms with Gasteiger partial charge in [0.05, 0.1) is 0 Å². The number of nitrogens with zero attached hydrogens (tertiary/aromatic N) is 1. The van der Waals surface area contributed by atoms with Gasteiger partial charge in [-0.3, -0.25) is 4.79 Å². The first-order chi connectivity index (χ1) is 11.1. The minimum Gasteiger partial charge on any atom is -0.330 e. The van der Waals surface area contributed by atoms with E-state index in [-0.39, 0.29) is 5.91 Å². The van der Waals surface area contributed by atoms with Crippen molar-refractivity contribution in [1.29, 1.82) is 0 Å².